The molecule has 0 heterocycles. The van der Waals surface area contributed by atoms with Crippen LogP contribution in [0.4, 0.5) is 0 Å². The van der Waals surface area contributed by atoms with Crippen molar-refractivity contribution in [1.82, 2.24) is 5.32 Å². The van der Waals surface area contributed by atoms with E-state index in [9.17, 15) is 4.79 Å². The predicted molar refractivity (Wildman–Crippen MR) is 80.4 cm³/mol. The summed E-state index contributed by atoms with van der Waals surface area (Å²) in [5, 5.41) is 3.15. The van der Waals surface area contributed by atoms with Gasteiger partial charge in [0.15, 0.2) is 0 Å². The number of benzene rings is 1. The number of aryl methyl sites for hydroxylation is 1. The lowest BCUT2D eigenvalue weighted by molar-refractivity contribution is -0.123. The summed E-state index contributed by atoms with van der Waals surface area (Å²) in [7, 11) is 0. The Kier molecular flexibility index (Phi) is 3.79. The van der Waals surface area contributed by atoms with Gasteiger partial charge in [-0.2, -0.15) is 0 Å². The number of rotatable bonds is 5. The predicted octanol–water partition coefficient (Wildman–Crippen LogP) is 2.21. The molecule has 20 heavy (non-hydrogen) atoms. The van der Waals surface area contributed by atoms with Crippen LogP contribution in [0.25, 0.3) is 0 Å². The molecule has 0 aromatic heterocycles. The Morgan fingerprint density at radius 3 is 3.00 bits per heavy atom. The Morgan fingerprint density at radius 1 is 1.45 bits per heavy atom. The van der Waals surface area contributed by atoms with Gasteiger partial charge in [0.05, 0.1) is 0 Å². The fraction of sp³-hybridized carbons (Fsp3) is 0.588. The zero-order valence-electron chi connectivity index (χ0n) is 12.1. The van der Waals surface area contributed by atoms with E-state index in [-0.39, 0.29) is 17.9 Å². The molecule has 3 rings (SSSR count). The lowest BCUT2D eigenvalue weighted by atomic mass is 9.92. The fourth-order valence-corrected chi connectivity index (χ4v) is 3.82. The average Bonchev–Trinajstić information content (AvgIpc) is 3.21. The van der Waals surface area contributed by atoms with Crippen LogP contribution in [0.1, 0.15) is 43.2 Å². The van der Waals surface area contributed by atoms with Crippen LogP contribution in [0, 0.1) is 11.8 Å². The minimum atomic E-state index is 0.144. The molecule has 4 unspecified atom stereocenters. The molecule has 0 spiro atoms. The van der Waals surface area contributed by atoms with Gasteiger partial charge in [-0.05, 0) is 42.2 Å². The number of hydrogen-bond donors (Lipinski definition) is 2. The van der Waals surface area contributed by atoms with E-state index in [1.165, 1.54) is 11.1 Å². The maximum Gasteiger partial charge on any atom is 0.224 e. The number of nitrogens with two attached hydrogens (primary N) is 1. The fourth-order valence-electron chi connectivity index (χ4n) is 3.82. The maximum atomic E-state index is 12.5. The minimum Gasteiger partial charge on any atom is -0.352 e. The second-order valence-electron chi connectivity index (χ2n) is 6.18. The van der Waals surface area contributed by atoms with Crippen molar-refractivity contribution in [3.63, 3.8) is 0 Å². The van der Waals surface area contributed by atoms with Gasteiger partial charge in [-0.3, -0.25) is 4.79 Å². The van der Waals surface area contributed by atoms with E-state index in [1.54, 1.807) is 0 Å². The summed E-state index contributed by atoms with van der Waals surface area (Å²) < 4.78 is 0. The summed E-state index contributed by atoms with van der Waals surface area (Å²) in [6, 6.07) is 8.74. The molecule has 2 aliphatic rings. The molecule has 1 fully saturated rings. The first-order chi connectivity index (χ1) is 9.76. The summed E-state index contributed by atoms with van der Waals surface area (Å²) in [5.74, 6) is 1.43. The molecule has 1 aromatic carbocycles. The van der Waals surface area contributed by atoms with E-state index in [0.29, 0.717) is 18.4 Å². The van der Waals surface area contributed by atoms with Gasteiger partial charge in [-0.1, -0.05) is 37.6 Å². The van der Waals surface area contributed by atoms with Crippen LogP contribution >= 0.6 is 0 Å². The lowest BCUT2D eigenvalue weighted by Crippen LogP contribution is -2.41. The van der Waals surface area contributed by atoms with Gasteiger partial charge < -0.3 is 11.1 Å². The Labute approximate surface area is 120 Å². The SMILES string of the molecule is CCCC(CN)NC(=O)C1C2CCc3ccccc3C21. The molecule has 2 aliphatic carbocycles. The van der Waals surface area contributed by atoms with E-state index in [4.69, 9.17) is 5.73 Å². The third-order valence-electron chi connectivity index (χ3n) is 4.90. The Morgan fingerprint density at radius 2 is 2.25 bits per heavy atom. The molecule has 0 bridgehead atoms. The van der Waals surface area contributed by atoms with Crippen molar-refractivity contribution in [2.75, 3.05) is 6.54 Å². The van der Waals surface area contributed by atoms with Crippen LogP contribution in [-0.2, 0) is 11.2 Å². The minimum absolute atomic E-state index is 0.144. The summed E-state index contributed by atoms with van der Waals surface area (Å²) in [6.07, 6.45) is 4.31. The molecule has 3 N–H and O–H groups in total. The quantitative estimate of drug-likeness (QED) is 0.863. The van der Waals surface area contributed by atoms with Crippen LogP contribution in [-0.4, -0.2) is 18.5 Å². The van der Waals surface area contributed by atoms with Gasteiger partial charge >= 0.3 is 0 Å². The van der Waals surface area contributed by atoms with Crippen LogP contribution < -0.4 is 11.1 Å². The average molecular weight is 272 g/mol. The highest BCUT2D eigenvalue weighted by Crippen LogP contribution is 2.59. The smallest absolute Gasteiger partial charge is 0.224 e. The third-order valence-corrected chi connectivity index (χ3v) is 4.90. The lowest BCUT2D eigenvalue weighted by Gasteiger charge is -2.16. The Bertz CT molecular complexity index is 500. The molecule has 0 saturated heterocycles. The molecule has 1 aromatic rings. The van der Waals surface area contributed by atoms with Crippen LogP contribution in [0.3, 0.4) is 0 Å². The highest BCUT2D eigenvalue weighted by molar-refractivity contribution is 5.84. The van der Waals surface area contributed by atoms with Crippen molar-refractivity contribution in [2.24, 2.45) is 17.6 Å². The van der Waals surface area contributed by atoms with Crippen LogP contribution in [0.15, 0.2) is 24.3 Å². The Balaban J connectivity index is 1.68. The highest BCUT2D eigenvalue weighted by atomic mass is 16.2. The third kappa shape index (κ3) is 2.35. The van der Waals surface area contributed by atoms with E-state index < -0.39 is 0 Å². The van der Waals surface area contributed by atoms with E-state index in [2.05, 4.69) is 36.5 Å². The van der Waals surface area contributed by atoms with Gasteiger partial charge in [-0.25, -0.2) is 0 Å². The molecule has 1 saturated carbocycles. The van der Waals surface area contributed by atoms with Crippen molar-refractivity contribution in [2.45, 2.75) is 44.6 Å². The molecule has 3 nitrogen and oxygen atoms in total. The summed E-state index contributed by atoms with van der Waals surface area (Å²) in [6.45, 7) is 2.67. The van der Waals surface area contributed by atoms with Gasteiger partial charge in [-0.15, -0.1) is 0 Å². The molecule has 0 aliphatic heterocycles. The van der Waals surface area contributed by atoms with Gasteiger partial charge in [0.1, 0.15) is 0 Å². The number of carbonyl (C=O) groups excluding carboxylic acids is 1. The number of amides is 1. The zero-order chi connectivity index (χ0) is 14.1. The second kappa shape index (κ2) is 5.57. The van der Waals surface area contributed by atoms with Crippen molar-refractivity contribution in [3.8, 4) is 0 Å². The molecule has 1 amide bonds. The van der Waals surface area contributed by atoms with Crippen molar-refractivity contribution < 1.29 is 4.79 Å². The molecular weight excluding hydrogens is 248 g/mol. The van der Waals surface area contributed by atoms with Crippen molar-refractivity contribution in [1.29, 1.82) is 0 Å². The standard InChI is InChI=1S/C17H24N2O/c1-2-5-12(10-18)19-17(20)16-14-9-8-11-6-3-4-7-13(11)15(14)16/h3-4,6-7,12,14-16H,2,5,8-10,18H2,1H3,(H,19,20). The zero-order valence-corrected chi connectivity index (χ0v) is 12.1. The second-order valence-corrected chi connectivity index (χ2v) is 6.18. The topological polar surface area (TPSA) is 55.1 Å². The number of hydrogen-bond acceptors (Lipinski definition) is 2. The van der Waals surface area contributed by atoms with E-state index in [0.717, 1.165) is 25.7 Å². The summed E-state index contributed by atoms with van der Waals surface area (Å²) in [4.78, 5) is 12.5. The van der Waals surface area contributed by atoms with Gasteiger partial charge in [0, 0.05) is 18.5 Å². The first-order valence-corrected chi connectivity index (χ1v) is 7.84. The number of fused-ring (bicyclic) bond motifs is 3. The van der Waals surface area contributed by atoms with Gasteiger partial charge in [0.2, 0.25) is 5.91 Å². The number of nitrogens with one attached hydrogen (secondary N) is 1. The molecule has 4 atom stereocenters. The van der Waals surface area contributed by atoms with E-state index in [1.807, 2.05) is 0 Å². The Hall–Kier alpha value is -1.35. The molecule has 3 heteroatoms. The van der Waals surface area contributed by atoms with Crippen LogP contribution in [0.5, 0.6) is 0 Å². The van der Waals surface area contributed by atoms with Crippen molar-refractivity contribution >= 4 is 5.91 Å². The molecular formula is C17H24N2O. The van der Waals surface area contributed by atoms with Gasteiger partial charge in [0.25, 0.3) is 0 Å². The summed E-state index contributed by atoms with van der Waals surface area (Å²) >= 11 is 0. The van der Waals surface area contributed by atoms with Crippen LogP contribution in [0.2, 0.25) is 0 Å². The normalized spacial score (nSPS) is 28.2. The van der Waals surface area contributed by atoms with Crippen molar-refractivity contribution in [3.05, 3.63) is 35.4 Å². The molecule has 108 valence electrons. The first-order valence-electron chi connectivity index (χ1n) is 7.84. The molecule has 0 radical (unpaired) electrons. The first kappa shape index (κ1) is 13.6. The highest BCUT2D eigenvalue weighted by Gasteiger charge is 2.57. The van der Waals surface area contributed by atoms with E-state index >= 15 is 0 Å². The summed E-state index contributed by atoms with van der Waals surface area (Å²) in [5.41, 5.74) is 8.58. The monoisotopic (exact) mass is 272 g/mol. The largest absolute Gasteiger partial charge is 0.352 e. The number of carbonyl (C=O) groups is 1. The maximum absolute atomic E-state index is 12.5.